The Morgan fingerprint density at radius 1 is 1.47 bits per heavy atom. The fourth-order valence-electron chi connectivity index (χ4n) is 1.44. The van der Waals surface area contributed by atoms with E-state index in [1.807, 2.05) is 0 Å². The number of halogens is 1. The third-order valence-corrected chi connectivity index (χ3v) is 2.19. The summed E-state index contributed by atoms with van der Waals surface area (Å²) < 4.78 is 23.1. The third kappa shape index (κ3) is 2.18. The van der Waals surface area contributed by atoms with Gasteiger partial charge in [-0.3, -0.25) is 0 Å². The lowest BCUT2D eigenvalue weighted by Gasteiger charge is -2.02. The zero-order valence-corrected chi connectivity index (χ0v) is 9.14. The SMILES string of the molecule is CCOC(=O)c1conc1-c1ccccc1F. The molecule has 0 unspecified atom stereocenters. The number of esters is 1. The van der Waals surface area contributed by atoms with Gasteiger partial charge in [0.05, 0.1) is 6.61 Å². The lowest BCUT2D eigenvalue weighted by Crippen LogP contribution is -2.05. The topological polar surface area (TPSA) is 52.3 Å². The number of hydrogen-bond acceptors (Lipinski definition) is 4. The van der Waals surface area contributed by atoms with Gasteiger partial charge in [-0.05, 0) is 19.1 Å². The summed E-state index contributed by atoms with van der Waals surface area (Å²) in [5.74, 6) is -1.04. The van der Waals surface area contributed by atoms with Crippen LogP contribution in [0.25, 0.3) is 11.3 Å². The summed E-state index contributed by atoms with van der Waals surface area (Å²) in [7, 11) is 0. The zero-order chi connectivity index (χ0) is 12.3. The first-order chi connectivity index (χ1) is 8.24. The summed E-state index contributed by atoms with van der Waals surface area (Å²) in [6.07, 6.45) is 1.15. The predicted molar refractivity (Wildman–Crippen MR) is 57.9 cm³/mol. The Balaban J connectivity index is 2.44. The van der Waals surface area contributed by atoms with Gasteiger partial charge in [-0.1, -0.05) is 17.3 Å². The fraction of sp³-hybridized carbons (Fsp3) is 0.167. The summed E-state index contributed by atoms with van der Waals surface area (Å²) in [6, 6.07) is 6.03. The lowest BCUT2D eigenvalue weighted by molar-refractivity contribution is 0.0526. The Labute approximate surface area is 97.0 Å². The Kier molecular flexibility index (Phi) is 3.18. The van der Waals surface area contributed by atoms with Crippen molar-refractivity contribution in [1.82, 2.24) is 5.16 Å². The van der Waals surface area contributed by atoms with E-state index in [4.69, 9.17) is 9.26 Å². The average Bonchev–Trinajstić information content (AvgIpc) is 2.79. The zero-order valence-electron chi connectivity index (χ0n) is 9.14. The minimum atomic E-state index is -0.577. The van der Waals surface area contributed by atoms with Crippen LogP contribution in [0.15, 0.2) is 35.1 Å². The van der Waals surface area contributed by atoms with Gasteiger partial charge in [0.1, 0.15) is 23.3 Å². The molecule has 5 heteroatoms. The molecule has 0 aliphatic rings. The molecule has 0 aliphatic heterocycles. The number of benzene rings is 1. The second-order valence-electron chi connectivity index (χ2n) is 3.28. The molecule has 88 valence electrons. The monoisotopic (exact) mass is 235 g/mol. The van der Waals surface area contributed by atoms with Gasteiger partial charge in [0.25, 0.3) is 0 Å². The van der Waals surface area contributed by atoms with Crippen molar-refractivity contribution >= 4 is 5.97 Å². The van der Waals surface area contributed by atoms with Gasteiger partial charge < -0.3 is 9.26 Å². The van der Waals surface area contributed by atoms with E-state index in [0.717, 1.165) is 6.26 Å². The Hall–Kier alpha value is -2.17. The van der Waals surface area contributed by atoms with Crippen LogP contribution in [0.1, 0.15) is 17.3 Å². The number of carbonyl (C=O) groups excluding carboxylic acids is 1. The first kappa shape index (κ1) is 11.3. The number of hydrogen-bond donors (Lipinski definition) is 0. The molecule has 0 saturated carbocycles. The molecular weight excluding hydrogens is 225 g/mol. The lowest BCUT2D eigenvalue weighted by atomic mass is 10.1. The molecule has 0 radical (unpaired) electrons. The van der Waals surface area contributed by atoms with Gasteiger partial charge in [0.15, 0.2) is 0 Å². The van der Waals surface area contributed by atoms with Gasteiger partial charge in [0, 0.05) is 5.56 Å². The highest BCUT2D eigenvalue weighted by Crippen LogP contribution is 2.25. The Morgan fingerprint density at radius 2 is 2.24 bits per heavy atom. The molecule has 0 amide bonds. The maximum atomic E-state index is 13.5. The summed E-state index contributed by atoms with van der Waals surface area (Å²) in [4.78, 5) is 11.6. The molecule has 1 heterocycles. The highest BCUT2D eigenvalue weighted by Gasteiger charge is 2.20. The number of aromatic nitrogens is 1. The molecule has 0 saturated heterocycles. The Morgan fingerprint density at radius 3 is 2.94 bits per heavy atom. The maximum absolute atomic E-state index is 13.5. The molecule has 0 aliphatic carbocycles. The summed E-state index contributed by atoms with van der Waals surface area (Å²) in [5, 5.41) is 3.63. The molecule has 0 bridgehead atoms. The van der Waals surface area contributed by atoms with Crippen LogP contribution in [0, 0.1) is 5.82 Å². The second kappa shape index (κ2) is 4.78. The quantitative estimate of drug-likeness (QED) is 0.767. The summed E-state index contributed by atoms with van der Waals surface area (Å²) in [6.45, 7) is 1.93. The number of rotatable bonds is 3. The van der Waals surface area contributed by atoms with E-state index < -0.39 is 11.8 Å². The van der Waals surface area contributed by atoms with E-state index in [2.05, 4.69) is 5.16 Å². The van der Waals surface area contributed by atoms with Crippen LogP contribution < -0.4 is 0 Å². The first-order valence-corrected chi connectivity index (χ1v) is 5.10. The van der Waals surface area contributed by atoms with Gasteiger partial charge in [-0.15, -0.1) is 0 Å². The highest BCUT2D eigenvalue weighted by atomic mass is 19.1. The van der Waals surface area contributed by atoms with Crippen molar-refractivity contribution in [3.05, 3.63) is 41.9 Å². The molecule has 2 aromatic rings. The van der Waals surface area contributed by atoms with E-state index in [-0.39, 0.29) is 23.4 Å². The first-order valence-electron chi connectivity index (χ1n) is 5.10. The van der Waals surface area contributed by atoms with Crippen molar-refractivity contribution in [2.75, 3.05) is 6.61 Å². The van der Waals surface area contributed by atoms with Crippen molar-refractivity contribution in [3.8, 4) is 11.3 Å². The molecule has 1 aromatic heterocycles. The second-order valence-corrected chi connectivity index (χ2v) is 3.28. The third-order valence-electron chi connectivity index (χ3n) is 2.19. The van der Waals surface area contributed by atoms with Crippen LogP contribution in [-0.2, 0) is 4.74 Å². The molecule has 1 aromatic carbocycles. The van der Waals surface area contributed by atoms with Crippen LogP contribution in [0.4, 0.5) is 4.39 Å². The molecule has 17 heavy (non-hydrogen) atoms. The molecular formula is C12H10FNO3. The summed E-state index contributed by atoms with van der Waals surface area (Å²) in [5.41, 5.74) is 0.489. The fourth-order valence-corrected chi connectivity index (χ4v) is 1.44. The standard InChI is InChI=1S/C12H10FNO3/c1-2-16-12(15)9-7-17-14-11(9)8-5-3-4-6-10(8)13/h3-7H,2H2,1H3. The van der Waals surface area contributed by atoms with Crippen LogP contribution in [-0.4, -0.2) is 17.7 Å². The van der Waals surface area contributed by atoms with Gasteiger partial charge in [0.2, 0.25) is 0 Å². The number of ether oxygens (including phenoxy) is 1. The summed E-state index contributed by atoms with van der Waals surface area (Å²) >= 11 is 0. The number of nitrogens with zero attached hydrogens (tertiary/aromatic N) is 1. The molecule has 4 nitrogen and oxygen atoms in total. The molecule has 0 atom stereocenters. The van der Waals surface area contributed by atoms with Crippen LogP contribution in [0.2, 0.25) is 0 Å². The number of carbonyl (C=O) groups is 1. The van der Waals surface area contributed by atoms with E-state index in [0.29, 0.717) is 0 Å². The minimum absolute atomic E-state index is 0.122. The van der Waals surface area contributed by atoms with Crippen LogP contribution in [0.5, 0.6) is 0 Å². The van der Waals surface area contributed by atoms with E-state index >= 15 is 0 Å². The smallest absolute Gasteiger partial charge is 0.343 e. The van der Waals surface area contributed by atoms with Crippen molar-refractivity contribution in [2.45, 2.75) is 6.92 Å². The molecule has 0 spiro atoms. The van der Waals surface area contributed by atoms with Gasteiger partial charge in [-0.25, -0.2) is 9.18 Å². The van der Waals surface area contributed by atoms with Crippen molar-refractivity contribution in [3.63, 3.8) is 0 Å². The maximum Gasteiger partial charge on any atom is 0.343 e. The van der Waals surface area contributed by atoms with E-state index in [1.165, 1.54) is 12.1 Å². The van der Waals surface area contributed by atoms with Crippen LogP contribution in [0.3, 0.4) is 0 Å². The van der Waals surface area contributed by atoms with Gasteiger partial charge >= 0.3 is 5.97 Å². The van der Waals surface area contributed by atoms with Crippen molar-refractivity contribution in [2.24, 2.45) is 0 Å². The normalized spacial score (nSPS) is 10.2. The van der Waals surface area contributed by atoms with E-state index in [9.17, 15) is 9.18 Å². The molecule has 0 N–H and O–H groups in total. The minimum Gasteiger partial charge on any atom is -0.462 e. The van der Waals surface area contributed by atoms with Crippen molar-refractivity contribution < 1.29 is 18.4 Å². The molecule has 0 fully saturated rings. The van der Waals surface area contributed by atoms with E-state index in [1.54, 1.807) is 19.1 Å². The molecule has 2 rings (SSSR count). The van der Waals surface area contributed by atoms with Crippen molar-refractivity contribution in [1.29, 1.82) is 0 Å². The average molecular weight is 235 g/mol. The largest absolute Gasteiger partial charge is 0.462 e. The predicted octanol–water partition coefficient (Wildman–Crippen LogP) is 2.66. The highest BCUT2D eigenvalue weighted by molar-refractivity contribution is 5.95. The van der Waals surface area contributed by atoms with Gasteiger partial charge in [-0.2, -0.15) is 0 Å². The Bertz CT molecular complexity index is 536. The van der Waals surface area contributed by atoms with Crippen LogP contribution >= 0.6 is 0 Å².